The average Bonchev–Trinajstić information content (AvgIpc) is 2.53. The molecule has 1 aromatic heterocycles. The first-order chi connectivity index (χ1) is 11.3. The fourth-order valence-corrected chi connectivity index (χ4v) is 2.42. The average molecular weight is 352 g/mol. The molecule has 0 radical (unpaired) electrons. The van der Waals surface area contributed by atoms with Crippen LogP contribution >= 0.6 is 11.6 Å². The summed E-state index contributed by atoms with van der Waals surface area (Å²) in [7, 11) is 0. The predicted octanol–water partition coefficient (Wildman–Crippen LogP) is 5.02. The minimum Gasteiger partial charge on any atom is -0.406 e. The maximum absolute atomic E-state index is 12.4. The van der Waals surface area contributed by atoms with Gasteiger partial charge in [0.25, 0.3) is 0 Å². The van der Waals surface area contributed by atoms with Gasteiger partial charge in [-0.15, -0.1) is 13.2 Å². The van der Waals surface area contributed by atoms with E-state index in [4.69, 9.17) is 11.6 Å². The molecule has 0 saturated heterocycles. The highest BCUT2D eigenvalue weighted by Crippen LogP contribution is 2.25. The van der Waals surface area contributed by atoms with Crippen LogP contribution < -0.4 is 4.74 Å². The second kappa shape index (κ2) is 6.13. The van der Waals surface area contributed by atoms with E-state index < -0.39 is 17.9 Å². The number of pyridine rings is 1. The molecule has 122 valence electrons. The smallest absolute Gasteiger partial charge is 0.406 e. The van der Waals surface area contributed by atoms with Crippen LogP contribution in [0.3, 0.4) is 0 Å². The number of alkyl halides is 3. The zero-order valence-electron chi connectivity index (χ0n) is 12.0. The molecule has 3 rings (SSSR count). The van der Waals surface area contributed by atoms with Crippen molar-refractivity contribution in [2.45, 2.75) is 6.36 Å². The minimum atomic E-state index is -4.78. The Morgan fingerprint density at radius 2 is 1.71 bits per heavy atom. The van der Waals surface area contributed by atoms with Gasteiger partial charge in [0.15, 0.2) is 0 Å². The van der Waals surface area contributed by atoms with Crippen LogP contribution in [0.5, 0.6) is 5.75 Å². The summed E-state index contributed by atoms with van der Waals surface area (Å²) in [5, 5.41) is 1.20. The highest BCUT2D eigenvalue weighted by Gasteiger charge is 2.31. The van der Waals surface area contributed by atoms with E-state index in [0.29, 0.717) is 10.5 Å². The number of carbonyl (C=O) groups excluding carboxylic acids is 1. The van der Waals surface area contributed by atoms with Crippen LogP contribution in [0.1, 0.15) is 16.1 Å². The van der Waals surface area contributed by atoms with Crippen molar-refractivity contribution in [1.29, 1.82) is 0 Å². The summed E-state index contributed by atoms with van der Waals surface area (Å²) in [5.41, 5.74) is 0.838. The zero-order chi connectivity index (χ0) is 17.3. The SMILES string of the molecule is O=C(c1ccc(OC(F)(F)F)cc1)c1ccc2cccc(Cl)c2n1. The number of benzene rings is 2. The van der Waals surface area contributed by atoms with Crippen LogP contribution in [-0.4, -0.2) is 17.1 Å². The summed E-state index contributed by atoms with van der Waals surface area (Å²) in [6.45, 7) is 0. The molecule has 0 amide bonds. The summed E-state index contributed by atoms with van der Waals surface area (Å²) in [6, 6.07) is 13.2. The molecular formula is C17H9ClF3NO2. The quantitative estimate of drug-likeness (QED) is 0.622. The van der Waals surface area contributed by atoms with Crippen molar-refractivity contribution in [2.24, 2.45) is 0 Å². The van der Waals surface area contributed by atoms with E-state index in [2.05, 4.69) is 9.72 Å². The number of aromatic nitrogens is 1. The summed E-state index contributed by atoms with van der Waals surface area (Å²) in [5.74, 6) is -0.816. The molecule has 3 aromatic rings. The molecule has 1 heterocycles. The van der Waals surface area contributed by atoms with E-state index in [-0.39, 0.29) is 11.3 Å². The number of halogens is 4. The molecule has 0 aliphatic heterocycles. The van der Waals surface area contributed by atoms with Crippen molar-refractivity contribution in [3.8, 4) is 5.75 Å². The standard InChI is InChI=1S/C17H9ClF3NO2/c18-13-3-1-2-10-6-9-14(22-15(10)13)16(23)11-4-7-12(8-5-11)24-17(19,20)21/h1-9H. The Hall–Kier alpha value is -2.60. The van der Waals surface area contributed by atoms with E-state index in [1.54, 1.807) is 24.3 Å². The molecule has 0 spiro atoms. The minimum absolute atomic E-state index is 0.153. The Morgan fingerprint density at radius 3 is 2.38 bits per heavy atom. The molecule has 0 unspecified atom stereocenters. The number of hydrogen-bond acceptors (Lipinski definition) is 3. The van der Waals surface area contributed by atoms with Gasteiger partial charge in [-0.05, 0) is 36.4 Å². The van der Waals surface area contributed by atoms with Crippen LogP contribution in [0, 0.1) is 0 Å². The number of ether oxygens (including phenoxy) is 1. The lowest BCUT2D eigenvalue weighted by Gasteiger charge is -2.09. The van der Waals surface area contributed by atoms with Crippen molar-refractivity contribution in [3.63, 3.8) is 0 Å². The lowest BCUT2D eigenvalue weighted by atomic mass is 10.1. The lowest BCUT2D eigenvalue weighted by molar-refractivity contribution is -0.274. The Morgan fingerprint density at radius 1 is 1.00 bits per heavy atom. The molecule has 24 heavy (non-hydrogen) atoms. The van der Waals surface area contributed by atoms with Gasteiger partial charge in [-0.3, -0.25) is 4.79 Å². The number of hydrogen-bond donors (Lipinski definition) is 0. The van der Waals surface area contributed by atoms with Gasteiger partial charge in [-0.2, -0.15) is 0 Å². The van der Waals surface area contributed by atoms with Crippen molar-refractivity contribution >= 4 is 28.3 Å². The molecule has 0 bridgehead atoms. The third-order valence-electron chi connectivity index (χ3n) is 3.25. The predicted molar refractivity (Wildman–Crippen MR) is 83.3 cm³/mol. The Labute approximate surface area is 139 Å². The fourth-order valence-electron chi connectivity index (χ4n) is 2.19. The van der Waals surface area contributed by atoms with Crippen molar-refractivity contribution in [3.05, 3.63) is 70.9 Å². The molecule has 3 nitrogen and oxygen atoms in total. The molecule has 0 atom stereocenters. The van der Waals surface area contributed by atoms with Gasteiger partial charge >= 0.3 is 6.36 Å². The third kappa shape index (κ3) is 3.49. The third-order valence-corrected chi connectivity index (χ3v) is 3.56. The van der Waals surface area contributed by atoms with Gasteiger partial charge in [0.1, 0.15) is 11.4 Å². The molecule has 0 saturated carbocycles. The molecular weight excluding hydrogens is 343 g/mol. The molecule has 0 aliphatic rings. The number of ketones is 1. The van der Waals surface area contributed by atoms with E-state index >= 15 is 0 Å². The Balaban J connectivity index is 1.90. The number of fused-ring (bicyclic) bond motifs is 1. The van der Waals surface area contributed by atoms with Crippen LogP contribution in [0.2, 0.25) is 5.02 Å². The zero-order valence-corrected chi connectivity index (χ0v) is 12.7. The monoisotopic (exact) mass is 351 g/mol. The lowest BCUT2D eigenvalue weighted by Crippen LogP contribution is -2.17. The molecule has 7 heteroatoms. The summed E-state index contributed by atoms with van der Waals surface area (Å²) in [4.78, 5) is 16.7. The maximum atomic E-state index is 12.4. The molecule has 0 aliphatic carbocycles. The number of carbonyl (C=O) groups is 1. The summed E-state index contributed by atoms with van der Waals surface area (Å²) >= 11 is 6.07. The first-order valence-corrected chi connectivity index (χ1v) is 7.17. The van der Waals surface area contributed by atoms with Crippen LogP contribution in [0.4, 0.5) is 13.2 Å². The van der Waals surface area contributed by atoms with Crippen molar-refractivity contribution < 1.29 is 22.7 Å². The normalized spacial score (nSPS) is 11.5. The maximum Gasteiger partial charge on any atom is 0.573 e. The first-order valence-electron chi connectivity index (χ1n) is 6.79. The second-order valence-corrected chi connectivity index (χ2v) is 5.32. The summed E-state index contributed by atoms with van der Waals surface area (Å²) in [6.07, 6.45) is -4.78. The summed E-state index contributed by atoms with van der Waals surface area (Å²) < 4.78 is 40.2. The molecule has 2 aromatic carbocycles. The van der Waals surface area contributed by atoms with E-state index in [0.717, 1.165) is 17.5 Å². The Bertz CT molecular complexity index is 908. The van der Waals surface area contributed by atoms with Gasteiger partial charge in [0.05, 0.1) is 10.5 Å². The fraction of sp³-hybridized carbons (Fsp3) is 0.0588. The number of para-hydroxylation sites is 1. The highest BCUT2D eigenvalue weighted by atomic mass is 35.5. The van der Waals surface area contributed by atoms with Crippen molar-refractivity contribution in [1.82, 2.24) is 4.98 Å². The highest BCUT2D eigenvalue weighted by molar-refractivity contribution is 6.35. The molecule has 0 N–H and O–H groups in total. The largest absolute Gasteiger partial charge is 0.573 e. The number of rotatable bonds is 3. The first kappa shape index (κ1) is 16.3. The van der Waals surface area contributed by atoms with E-state index in [1.807, 2.05) is 6.07 Å². The van der Waals surface area contributed by atoms with Crippen LogP contribution in [0.25, 0.3) is 10.9 Å². The van der Waals surface area contributed by atoms with Crippen LogP contribution in [-0.2, 0) is 0 Å². The van der Waals surface area contributed by atoms with E-state index in [9.17, 15) is 18.0 Å². The number of nitrogens with zero attached hydrogens (tertiary/aromatic N) is 1. The van der Waals surface area contributed by atoms with Crippen LogP contribution in [0.15, 0.2) is 54.6 Å². The van der Waals surface area contributed by atoms with E-state index in [1.165, 1.54) is 12.1 Å². The van der Waals surface area contributed by atoms with Gasteiger partial charge in [0, 0.05) is 10.9 Å². The van der Waals surface area contributed by atoms with Gasteiger partial charge in [0.2, 0.25) is 5.78 Å². The van der Waals surface area contributed by atoms with Gasteiger partial charge < -0.3 is 4.74 Å². The van der Waals surface area contributed by atoms with Gasteiger partial charge in [-0.25, -0.2) is 4.98 Å². The second-order valence-electron chi connectivity index (χ2n) is 4.91. The topological polar surface area (TPSA) is 39.2 Å². The Kier molecular flexibility index (Phi) is 4.15. The van der Waals surface area contributed by atoms with Crippen molar-refractivity contribution in [2.75, 3.05) is 0 Å². The van der Waals surface area contributed by atoms with Gasteiger partial charge in [-0.1, -0.05) is 29.8 Å². The molecule has 0 fully saturated rings.